The van der Waals surface area contributed by atoms with Crippen LogP contribution in [-0.2, 0) is 11.3 Å². The Balaban J connectivity index is 1.52. The normalized spacial score (nSPS) is 17.1. The highest BCUT2D eigenvalue weighted by molar-refractivity contribution is 6.06. The van der Waals surface area contributed by atoms with Gasteiger partial charge in [-0.15, -0.1) is 10.2 Å². The van der Waals surface area contributed by atoms with Gasteiger partial charge in [-0.3, -0.25) is 4.79 Å². The maximum atomic E-state index is 14.8. The molecule has 5 rings (SSSR count). The zero-order chi connectivity index (χ0) is 22.8. The Kier molecular flexibility index (Phi) is 5.52. The third-order valence-electron chi connectivity index (χ3n) is 5.54. The first-order valence-corrected chi connectivity index (χ1v) is 10.7. The van der Waals surface area contributed by atoms with Gasteiger partial charge in [0, 0.05) is 12.6 Å². The molecule has 2 aliphatic heterocycles. The number of hydrogen-bond acceptors (Lipinski definition) is 6. The molecule has 1 fully saturated rings. The number of nitrogens with one attached hydrogen (secondary N) is 1. The Hall–Kier alpha value is -3.77. The fourth-order valence-electron chi connectivity index (χ4n) is 3.64. The molecule has 0 spiro atoms. The van der Waals surface area contributed by atoms with Crippen molar-refractivity contribution < 1.29 is 18.7 Å². The predicted octanol–water partition coefficient (Wildman–Crippen LogP) is 3.29. The first kappa shape index (κ1) is 21.1. The summed E-state index contributed by atoms with van der Waals surface area (Å²) in [7, 11) is 0. The molecular formula is C24H22FN5O3. The van der Waals surface area contributed by atoms with Gasteiger partial charge < -0.3 is 19.4 Å². The Bertz CT molecular complexity index is 1270. The number of nitrogens with zero attached hydrogens (tertiary/aromatic N) is 4. The van der Waals surface area contributed by atoms with Crippen LogP contribution >= 0.6 is 0 Å². The van der Waals surface area contributed by atoms with Crippen LogP contribution in [0.3, 0.4) is 0 Å². The first-order chi connectivity index (χ1) is 16.0. The number of rotatable bonds is 0. The van der Waals surface area contributed by atoms with E-state index >= 15 is 0 Å². The summed E-state index contributed by atoms with van der Waals surface area (Å²) >= 11 is 0. The Morgan fingerprint density at radius 1 is 1.24 bits per heavy atom. The molecule has 1 aromatic carbocycles. The van der Waals surface area contributed by atoms with Gasteiger partial charge in [0.1, 0.15) is 29.4 Å². The molecule has 2 bridgehead atoms. The Morgan fingerprint density at radius 3 is 2.94 bits per heavy atom. The summed E-state index contributed by atoms with van der Waals surface area (Å²) in [6, 6.07) is 7.93. The quantitative estimate of drug-likeness (QED) is 0.532. The van der Waals surface area contributed by atoms with Crippen molar-refractivity contribution in [3.8, 4) is 29.1 Å². The second-order valence-corrected chi connectivity index (χ2v) is 8.40. The SMILES string of the molecule is CC1(C#Cc2cc3c(cc2F)OCCCCn2cnnc2-c2cccc(n2)NC3=O)COC1. The number of carbonyl (C=O) groups is 1. The van der Waals surface area contributed by atoms with E-state index in [4.69, 9.17) is 9.47 Å². The van der Waals surface area contributed by atoms with Gasteiger partial charge in [0.2, 0.25) is 0 Å². The third-order valence-corrected chi connectivity index (χ3v) is 5.54. The van der Waals surface area contributed by atoms with Gasteiger partial charge in [-0.25, -0.2) is 9.37 Å². The molecule has 1 saturated heterocycles. The van der Waals surface area contributed by atoms with Crippen molar-refractivity contribution in [2.24, 2.45) is 5.41 Å². The van der Waals surface area contributed by atoms with Crippen molar-refractivity contribution in [2.45, 2.75) is 26.3 Å². The van der Waals surface area contributed by atoms with E-state index in [0.717, 1.165) is 6.42 Å². The summed E-state index contributed by atoms with van der Waals surface area (Å²) in [6.07, 6.45) is 3.14. The molecule has 0 radical (unpaired) electrons. The summed E-state index contributed by atoms with van der Waals surface area (Å²) in [5.74, 6) is 6.06. The van der Waals surface area contributed by atoms with Crippen molar-refractivity contribution >= 4 is 11.7 Å². The molecule has 1 amide bonds. The molecular weight excluding hydrogens is 425 g/mol. The fourth-order valence-corrected chi connectivity index (χ4v) is 3.64. The number of aromatic nitrogens is 4. The van der Waals surface area contributed by atoms with Crippen LogP contribution in [0.4, 0.5) is 10.2 Å². The third kappa shape index (κ3) is 4.43. The van der Waals surface area contributed by atoms with Crippen LogP contribution < -0.4 is 10.1 Å². The number of aryl methyl sites for hydroxylation is 1. The molecule has 168 valence electrons. The zero-order valence-corrected chi connectivity index (χ0v) is 18.1. The number of pyridine rings is 1. The molecule has 9 heteroatoms. The van der Waals surface area contributed by atoms with Crippen molar-refractivity contribution in [2.75, 3.05) is 25.1 Å². The average Bonchev–Trinajstić information content (AvgIpc) is 3.25. The van der Waals surface area contributed by atoms with Crippen LogP contribution in [0.25, 0.3) is 11.5 Å². The van der Waals surface area contributed by atoms with E-state index < -0.39 is 11.7 Å². The lowest BCUT2D eigenvalue weighted by atomic mass is 9.89. The van der Waals surface area contributed by atoms with E-state index in [2.05, 4.69) is 32.3 Å². The van der Waals surface area contributed by atoms with E-state index in [9.17, 15) is 9.18 Å². The van der Waals surface area contributed by atoms with Crippen LogP contribution in [0, 0.1) is 23.1 Å². The molecule has 3 aromatic rings. The van der Waals surface area contributed by atoms with Crippen molar-refractivity contribution in [1.82, 2.24) is 19.7 Å². The van der Waals surface area contributed by atoms with E-state index in [0.29, 0.717) is 50.1 Å². The monoisotopic (exact) mass is 447 g/mol. The molecule has 2 aromatic heterocycles. The largest absolute Gasteiger partial charge is 0.493 e. The molecule has 33 heavy (non-hydrogen) atoms. The number of amides is 1. The van der Waals surface area contributed by atoms with Gasteiger partial charge in [0.15, 0.2) is 5.82 Å². The zero-order valence-electron chi connectivity index (χ0n) is 18.1. The molecule has 0 unspecified atom stereocenters. The van der Waals surface area contributed by atoms with Crippen molar-refractivity contribution in [1.29, 1.82) is 0 Å². The molecule has 2 aliphatic rings. The van der Waals surface area contributed by atoms with Crippen LogP contribution in [0.15, 0.2) is 36.7 Å². The van der Waals surface area contributed by atoms with Gasteiger partial charge in [-0.1, -0.05) is 17.9 Å². The summed E-state index contributed by atoms with van der Waals surface area (Å²) in [5.41, 5.74) is 0.628. The fraction of sp³-hybridized carbons (Fsp3) is 0.333. The summed E-state index contributed by atoms with van der Waals surface area (Å²) < 4.78 is 27.7. The van der Waals surface area contributed by atoms with Crippen LogP contribution in [-0.4, -0.2) is 45.5 Å². The predicted molar refractivity (Wildman–Crippen MR) is 118 cm³/mol. The van der Waals surface area contributed by atoms with E-state index in [-0.39, 0.29) is 22.3 Å². The molecule has 8 nitrogen and oxygen atoms in total. The number of hydrogen-bond donors (Lipinski definition) is 1. The van der Waals surface area contributed by atoms with Gasteiger partial charge in [-0.05, 0) is 38.0 Å². The van der Waals surface area contributed by atoms with Gasteiger partial charge in [0.05, 0.1) is 36.4 Å². The Labute approximate surface area is 190 Å². The highest BCUT2D eigenvalue weighted by atomic mass is 19.1. The lowest BCUT2D eigenvalue weighted by Gasteiger charge is -2.32. The van der Waals surface area contributed by atoms with Gasteiger partial charge in [-0.2, -0.15) is 0 Å². The second-order valence-electron chi connectivity index (χ2n) is 8.40. The molecule has 0 saturated carbocycles. The minimum absolute atomic E-state index is 0.136. The minimum atomic E-state index is -0.534. The topological polar surface area (TPSA) is 91.2 Å². The number of anilines is 1. The molecule has 0 aliphatic carbocycles. The molecule has 1 N–H and O–H groups in total. The standard InChI is InChI=1S/C24H22FN5O3/c1-24(13-32-14-24)8-7-16-11-17-20(12-18(16)25)33-10-3-2-9-30-15-26-29-22(30)19-5-4-6-21(27-19)28-23(17)31/h4-6,11-12,15H,2-3,9-10,13-14H2,1H3,(H,27,28,31). The molecule has 4 heterocycles. The number of halogens is 1. The number of ether oxygens (including phenoxy) is 2. The lowest BCUT2D eigenvalue weighted by Crippen LogP contribution is -2.38. The number of benzene rings is 1. The smallest absolute Gasteiger partial charge is 0.260 e. The summed E-state index contributed by atoms with van der Waals surface area (Å²) in [5, 5.41) is 10.9. The maximum Gasteiger partial charge on any atom is 0.260 e. The van der Waals surface area contributed by atoms with E-state index in [1.807, 2.05) is 17.6 Å². The van der Waals surface area contributed by atoms with E-state index in [1.165, 1.54) is 12.1 Å². The second kappa shape index (κ2) is 8.64. The van der Waals surface area contributed by atoms with Crippen molar-refractivity contribution in [3.63, 3.8) is 0 Å². The van der Waals surface area contributed by atoms with Crippen LogP contribution in [0.5, 0.6) is 5.75 Å². The summed E-state index contributed by atoms with van der Waals surface area (Å²) in [4.78, 5) is 17.7. The summed E-state index contributed by atoms with van der Waals surface area (Å²) in [6.45, 7) is 3.98. The number of carbonyl (C=O) groups excluding carboxylic acids is 1. The lowest BCUT2D eigenvalue weighted by molar-refractivity contribution is -0.0648. The molecule has 0 atom stereocenters. The Morgan fingerprint density at radius 2 is 2.12 bits per heavy atom. The van der Waals surface area contributed by atoms with Crippen LogP contribution in [0.2, 0.25) is 0 Å². The van der Waals surface area contributed by atoms with E-state index in [1.54, 1.807) is 18.5 Å². The highest BCUT2D eigenvalue weighted by Crippen LogP contribution is 2.28. The van der Waals surface area contributed by atoms with Gasteiger partial charge >= 0.3 is 0 Å². The highest BCUT2D eigenvalue weighted by Gasteiger charge is 2.31. The number of fused-ring (bicyclic) bond motifs is 5. The average molecular weight is 447 g/mol. The maximum absolute atomic E-state index is 14.8. The first-order valence-electron chi connectivity index (χ1n) is 10.7. The van der Waals surface area contributed by atoms with Gasteiger partial charge in [0.25, 0.3) is 5.91 Å². The van der Waals surface area contributed by atoms with Crippen LogP contribution in [0.1, 0.15) is 35.7 Å². The van der Waals surface area contributed by atoms with Crippen molar-refractivity contribution in [3.05, 3.63) is 53.6 Å². The minimum Gasteiger partial charge on any atom is -0.493 e.